The van der Waals surface area contributed by atoms with E-state index in [-0.39, 0.29) is 11.5 Å². The number of furan rings is 1. The fourth-order valence-electron chi connectivity index (χ4n) is 3.63. The molecule has 27 heavy (non-hydrogen) atoms. The number of amides is 1. The van der Waals surface area contributed by atoms with Crippen molar-refractivity contribution in [2.24, 2.45) is 0 Å². The summed E-state index contributed by atoms with van der Waals surface area (Å²) in [6.45, 7) is 1.78. The van der Waals surface area contributed by atoms with Crippen molar-refractivity contribution in [3.8, 4) is 0 Å². The average molecular weight is 362 g/mol. The molecule has 1 aliphatic heterocycles. The number of benzene rings is 1. The molecular weight excluding hydrogens is 340 g/mol. The summed E-state index contributed by atoms with van der Waals surface area (Å²) in [6.07, 6.45) is 3.63. The largest absolute Gasteiger partial charge is 0.454 e. The highest BCUT2D eigenvalue weighted by atomic mass is 16.4. The van der Waals surface area contributed by atoms with Crippen LogP contribution in [-0.4, -0.2) is 28.5 Å². The maximum atomic E-state index is 12.7. The Kier molecular flexibility index (Phi) is 4.92. The first-order valence-corrected chi connectivity index (χ1v) is 9.29. The SMILES string of the molecule is O=C(c1ccc(Cn2ccccc2=O)o1)N1CCC(c2ccccc2)CC1. The lowest BCUT2D eigenvalue weighted by atomic mass is 9.89. The van der Waals surface area contributed by atoms with Gasteiger partial charge in [0.05, 0.1) is 6.54 Å². The second-order valence-corrected chi connectivity index (χ2v) is 6.91. The molecular formula is C22H22N2O3. The summed E-state index contributed by atoms with van der Waals surface area (Å²) < 4.78 is 7.27. The Morgan fingerprint density at radius 1 is 0.963 bits per heavy atom. The van der Waals surface area contributed by atoms with E-state index < -0.39 is 0 Å². The molecule has 2 aromatic heterocycles. The first kappa shape index (κ1) is 17.3. The first-order chi connectivity index (χ1) is 13.2. The maximum absolute atomic E-state index is 12.7. The molecule has 1 aliphatic rings. The van der Waals surface area contributed by atoms with Crippen molar-refractivity contribution in [2.75, 3.05) is 13.1 Å². The van der Waals surface area contributed by atoms with Gasteiger partial charge in [0.1, 0.15) is 5.76 Å². The van der Waals surface area contributed by atoms with Crippen LogP contribution in [0.1, 0.15) is 40.6 Å². The van der Waals surface area contributed by atoms with E-state index in [0.29, 0.717) is 24.0 Å². The van der Waals surface area contributed by atoms with E-state index in [4.69, 9.17) is 4.42 Å². The summed E-state index contributed by atoms with van der Waals surface area (Å²) in [5, 5.41) is 0. The van der Waals surface area contributed by atoms with E-state index in [0.717, 1.165) is 25.9 Å². The minimum absolute atomic E-state index is 0.0758. The van der Waals surface area contributed by atoms with Gasteiger partial charge in [0.2, 0.25) is 0 Å². The number of carbonyl (C=O) groups excluding carboxylic acids is 1. The zero-order valence-corrected chi connectivity index (χ0v) is 15.1. The summed E-state index contributed by atoms with van der Waals surface area (Å²) >= 11 is 0. The molecule has 3 heterocycles. The van der Waals surface area contributed by atoms with Crippen molar-refractivity contribution < 1.29 is 9.21 Å². The van der Waals surface area contributed by atoms with Crippen molar-refractivity contribution in [1.82, 2.24) is 9.47 Å². The Morgan fingerprint density at radius 2 is 1.70 bits per heavy atom. The molecule has 0 spiro atoms. The van der Waals surface area contributed by atoms with Crippen LogP contribution < -0.4 is 5.56 Å². The smallest absolute Gasteiger partial charge is 0.289 e. The number of aromatic nitrogens is 1. The van der Waals surface area contributed by atoms with Crippen LogP contribution in [0.15, 0.2) is 76.1 Å². The topological polar surface area (TPSA) is 55.5 Å². The third-order valence-corrected chi connectivity index (χ3v) is 5.15. The molecule has 1 saturated heterocycles. The summed E-state index contributed by atoms with van der Waals surface area (Å²) in [5.74, 6) is 1.37. The number of piperidine rings is 1. The monoisotopic (exact) mass is 362 g/mol. The highest BCUT2D eigenvalue weighted by molar-refractivity contribution is 5.91. The molecule has 0 saturated carbocycles. The van der Waals surface area contributed by atoms with Crippen LogP contribution in [0.4, 0.5) is 0 Å². The molecule has 138 valence electrons. The summed E-state index contributed by atoms with van der Waals surface area (Å²) in [7, 11) is 0. The van der Waals surface area contributed by atoms with Gasteiger partial charge in [-0.25, -0.2) is 0 Å². The molecule has 4 rings (SSSR count). The molecule has 5 nitrogen and oxygen atoms in total. The van der Waals surface area contributed by atoms with E-state index in [1.54, 1.807) is 35.0 Å². The lowest BCUT2D eigenvalue weighted by molar-refractivity contribution is 0.0678. The van der Waals surface area contributed by atoms with Gasteiger partial charge in [-0.2, -0.15) is 0 Å². The minimum atomic E-state index is -0.0928. The predicted octanol–water partition coefficient (Wildman–Crippen LogP) is 3.51. The Balaban J connectivity index is 1.39. The molecule has 1 amide bonds. The normalized spacial score (nSPS) is 15.0. The molecule has 0 aliphatic carbocycles. The standard InChI is InChI=1S/C22H22N2O3/c25-21-8-4-5-13-24(21)16-19-9-10-20(27-19)22(26)23-14-11-18(12-15-23)17-6-2-1-3-7-17/h1-10,13,18H,11-12,14-16H2. The predicted molar refractivity (Wildman–Crippen MR) is 103 cm³/mol. The van der Waals surface area contributed by atoms with E-state index in [9.17, 15) is 9.59 Å². The molecule has 0 unspecified atom stereocenters. The van der Waals surface area contributed by atoms with Crippen molar-refractivity contribution in [2.45, 2.75) is 25.3 Å². The number of rotatable bonds is 4. The minimum Gasteiger partial charge on any atom is -0.454 e. The van der Waals surface area contributed by atoms with Crippen LogP contribution in [-0.2, 0) is 6.54 Å². The molecule has 1 aromatic carbocycles. The van der Waals surface area contributed by atoms with E-state index in [2.05, 4.69) is 24.3 Å². The van der Waals surface area contributed by atoms with Crippen molar-refractivity contribution in [3.05, 3.63) is 94.3 Å². The summed E-state index contributed by atoms with van der Waals surface area (Å²) in [6, 6.07) is 19.0. The Bertz CT molecular complexity index is 966. The lowest BCUT2D eigenvalue weighted by Gasteiger charge is -2.31. The van der Waals surface area contributed by atoms with Gasteiger partial charge in [0.15, 0.2) is 5.76 Å². The Morgan fingerprint density at radius 3 is 2.44 bits per heavy atom. The van der Waals surface area contributed by atoms with Gasteiger partial charge in [0.25, 0.3) is 11.5 Å². The van der Waals surface area contributed by atoms with Crippen LogP contribution in [0.25, 0.3) is 0 Å². The molecule has 0 bridgehead atoms. The molecule has 1 fully saturated rings. The number of likely N-dealkylation sites (tertiary alicyclic amines) is 1. The molecule has 3 aromatic rings. The average Bonchev–Trinajstić information content (AvgIpc) is 3.18. The zero-order valence-electron chi connectivity index (χ0n) is 15.1. The zero-order chi connectivity index (χ0) is 18.6. The molecule has 5 heteroatoms. The number of pyridine rings is 1. The number of carbonyl (C=O) groups is 1. The van der Waals surface area contributed by atoms with Gasteiger partial charge in [0, 0.05) is 25.4 Å². The second-order valence-electron chi connectivity index (χ2n) is 6.91. The Labute approximate surface area is 157 Å². The van der Waals surface area contributed by atoms with E-state index in [1.165, 1.54) is 11.6 Å². The number of hydrogen-bond donors (Lipinski definition) is 0. The molecule has 0 atom stereocenters. The summed E-state index contributed by atoms with van der Waals surface area (Å²) in [4.78, 5) is 26.4. The van der Waals surface area contributed by atoms with Gasteiger partial charge >= 0.3 is 0 Å². The van der Waals surface area contributed by atoms with Gasteiger partial charge in [-0.1, -0.05) is 36.4 Å². The third-order valence-electron chi connectivity index (χ3n) is 5.15. The van der Waals surface area contributed by atoms with Gasteiger partial charge in [-0.05, 0) is 42.5 Å². The fraction of sp³-hybridized carbons (Fsp3) is 0.273. The van der Waals surface area contributed by atoms with Crippen molar-refractivity contribution in [3.63, 3.8) is 0 Å². The van der Waals surface area contributed by atoms with Gasteiger partial charge < -0.3 is 13.9 Å². The van der Waals surface area contributed by atoms with Gasteiger partial charge in [-0.3, -0.25) is 9.59 Å². The van der Waals surface area contributed by atoms with E-state index in [1.807, 2.05) is 11.0 Å². The number of hydrogen-bond acceptors (Lipinski definition) is 3. The Hall–Kier alpha value is -3.08. The van der Waals surface area contributed by atoms with Crippen LogP contribution in [0.5, 0.6) is 0 Å². The van der Waals surface area contributed by atoms with Crippen LogP contribution in [0.3, 0.4) is 0 Å². The van der Waals surface area contributed by atoms with E-state index >= 15 is 0 Å². The van der Waals surface area contributed by atoms with Crippen LogP contribution in [0.2, 0.25) is 0 Å². The lowest BCUT2D eigenvalue weighted by Crippen LogP contribution is -2.37. The highest BCUT2D eigenvalue weighted by Crippen LogP contribution is 2.28. The van der Waals surface area contributed by atoms with Crippen molar-refractivity contribution in [1.29, 1.82) is 0 Å². The maximum Gasteiger partial charge on any atom is 0.289 e. The van der Waals surface area contributed by atoms with Crippen LogP contribution in [0, 0.1) is 0 Å². The summed E-state index contributed by atoms with van der Waals surface area (Å²) in [5.41, 5.74) is 1.25. The third kappa shape index (κ3) is 3.87. The first-order valence-electron chi connectivity index (χ1n) is 9.29. The van der Waals surface area contributed by atoms with Crippen LogP contribution >= 0.6 is 0 Å². The quantitative estimate of drug-likeness (QED) is 0.714. The number of nitrogens with zero attached hydrogens (tertiary/aromatic N) is 2. The second kappa shape index (κ2) is 7.66. The molecule has 0 radical (unpaired) electrons. The van der Waals surface area contributed by atoms with Gasteiger partial charge in [-0.15, -0.1) is 0 Å². The highest BCUT2D eigenvalue weighted by Gasteiger charge is 2.26. The van der Waals surface area contributed by atoms with Crippen molar-refractivity contribution >= 4 is 5.91 Å². The fourth-order valence-corrected chi connectivity index (χ4v) is 3.63. The molecule has 0 N–H and O–H groups in total.